The Labute approximate surface area is 208 Å². The van der Waals surface area contributed by atoms with Crippen molar-refractivity contribution in [2.45, 2.75) is 88.6 Å². The molecule has 1 aromatic carbocycles. The van der Waals surface area contributed by atoms with Crippen LogP contribution in [0.1, 0.15) is 70.8 Å². The van der Waals surface area contributed by atoms with Crippen LogP contribution in [0.4, 0.5) is 0 Å². The van der Waals surface area contributed by atoms with Gasteiger partial charge in [0.25, 0.3) is 0 Å². The van der Waals surface area contributed by atoms with Gasteiger partial charge in [-0.3, -0.25) is 4.79 Å². The Balaban J connectivity index is 1.50. The summed E-state index contributed by atoms with van der Waals surface area (Å²) in [6.07, 6.45) is 11.3. The summed E-state index contributed by atoms with van der Waals surface area (Å²) in [5.74, 6) is 0.387. The molecular formula is C29H39NO5. The van der Waals surface area contributed by atoms with Gasteiger partial charge in [-0.25, -0.2) is 4.79 Å². The zero-order valence-corrected chi connectivity index (χ0v) is 20.9. The number of carbonyl (C=O) groups excluding carboxylic acids is 2. The van der Waals surface area contributed by atoms with Crippen molar-refractivity contribution in [1.29, 1.82) is 0 Å². The number of aliphatic hydroxyl groups is 1. The van der Waals surface area contributed by atoms with Crippen molar-refractivity contribution in [2.75, 3.05) is 6.61 Å². The van der Waals surface area contributed by atoms with E-state index >= 15 is 0 Å². The fourth-order valence-corrected chi connectivity index (χ4v) is 7.86. The van der Waals surface area contributed by atoms with Crippen LogP contribution in [0.15, 0.2) is 36.4 Å². The van der Waals surface area contributed by atoms with E-state index in [4.69, 9.17) is 9.47 Å². The Morgan fingerprint density at radius 2 is 1.89 bits per heavy atom. The lowest BCUT2D eigenvalue weighted by Crippen LogP contribution is -2.63. The van der Waals surface area contributed by atoms with E-state index < -0.39 is 17.8 Å². The molecule has 2 saturated heterocycles. The molecule has 1 unspecified atom stereocenters. The molecule has 1 amide bonds. The number of hydrogen-bond donors (Lipinski definition) is 2. The van der Waals surface area contributed by atoms with Crippen LogP contribution in [0.5, 0.6) is 0 Å². The summed E-state index contributed by atoms with van der Waals surface area (Å²) in [5, 5.41) is 12.5. The van der Waals surface area contributed by atoms with Crippen molar-refractivity contribution in [3.63, 3.8) is 0 Å². The van der Waals surface area contributed by atoms with Crippen molar-refractivity contribution < 1.29 is 24.2 Å². The first-order valence-corrected chi connectivity index (χ1v) is 13.4. The lowest BCUT2D eigenvalue weighted by atomic mass is 9.66. The zero-order chi connectivity index (χ0) is 24.6. The molecule has 1 aromatic rings. The second kappa shape index (κ2) is 9.70. The number of rotatable bonds is 6. The van der Waals surface area contributed by atoms with Gasteiger partial charge in [-0.1, -0.05) is 56.5 Å². The number of hydrogen-bond acceptors (Lipinski definition) is 5. The van der Waals surface area contributed by atoms with E-state index in [1.165, 1.54) is 12.5 Å². The third-order valence-corrected chi connectivity index (χ3v) is 9.48. The van der Waals surface area contributed by atoms with Gasteiger partial charge >= 0.3 is 5.97 Å². The zero-order valence-electron chi connectivity index (χ0n) is 20.9. The van der Waals surface area contributed by atoms with E-state index in [0.717, 1.165) is 44.1 Å². The first-order valence-electron chi connectivity index (χ1n) is 13.4. The van der Waals surface area contributed by atoms with E-state index in [2.05, 4.69) is 19.2 Å². The van der Waals surface area contributed by atoms with Gasteiger partial charge in [0.2, 0.25) is 5.91 Å². The van der Waals surface area contributed by atoms with Crippen molar-refractivity contribution in [3.05, 3.63) is 42.0 Å². The third kappa shape index (κ3) is 4.33. The summed E-state index contributed by atoms with van der Waals surface area (Å²) in [6.45, 7) is 3.88. The molecule has 2 saturated carbocycles. The molecular weight excluding hydrogens is 442 g/mol. The SMILES string of the molecule is C[C@@H]1CC[C@@H]2C1[C@H](OC(=O)/C=C/c1ccccc1)[C@]1(C3CCCCC3)C[C@@H](NC(=O)CO)[C@@]2(C)O1. The molecule has 0 spiro atoms. The van der Waals surface area contributed by atoms with Crippen LogP contribution >= 0.6 is 0 Å². The summed E-state index contributed by atoms with van der Waals surface area (Å²) in [4.78, 5) is 25.5. The van der Waals surface area contributed by atoms with E-state index in [0.29, 0.717) is 12.3 Å². The minimum atomic E-state index is -0.613. The minimum Gasteiger partial charge on any atom is -0.456 e. The number of aliphatic hydroxyl groups excluding tert-OH is 1. The maximum atomic E-state index is 13.2. The number of benzene rings is 1. The van der Waals surface area contributed by atoms with E-state index in [1.54, 1.807) is 6.08 Å². The van der Waals surface area contributed by atoms with Crippen molar-refractivity contribution in [2.24, 2.45) is 23.7 Å². The molecule has 4 aliphatic rings. The highest BCUT2D eigenvalue weighted by atomic mass is 16.6. The molecule has 4 fully saturated rings. The third-order valence-electron chi connectivity index (χ3n) is 9.48. The summed E-state index contributed by atoms with van der Waals surface area (Å²) >= 11 is 0. The lowest BCUT2D eigenvalue weighted by molar-refractivity contribution is -0.265. The van der Waals surface area contributed by atoms with Crippen LogP contribution in [-0.2, 0) is 19.1 Å². The maximum Gasteiger partial charge on any atom is 0.331 e. The molecule has 2 bridgehead atoms. The van der Waals surface area contributed by atoms with E-state index in [-0.39, 0.29) is 41.8 Å². The first-order chi connectivity index (χ1) is 16.9. The molecule has 0 radical (unpaired) electrons. The Hall–Kier alpha value is -2.18. The molecule has 6 nitrogen and oxygen atoms in total. The topological polar surface area (TPSA) is 84.9 Å². The Morgan fingerprint density at radius 3 is 2.60 bits per heavy atom. The van der Waals surface area contributed by atoms with Crippen LogP contribution in [-0.4, -0.2) is 46.9 Å². The van der Waals surface area contributed by atoms with E-state index in [9.17, 15) is 14.7 Å². The average Bonchev–Trinajstić information content (AvgIpc) is 3.39. The average molecular weight is 482 g/mol. The van der Waals surface area contributed by atoms with Gasteiger partial charge in [-0.2, -0.15) is 0 Å². The van der Waals surface area contributed by atoms with Gasteiger partial charge in [0.1, 0.15) is 18.3 Å². The lowest BCUT2D eigenvalue weighted by Gasteiger charge is -2.54. The molecule has 2 aliphatic carbocycles. The number of amides is 1. The summed E-state index contributed by atoms with van der Waals surface area (Å²) in [5.41, 5.74) is -0.183. The fourth-order valence-electron chi connectivity index (χ4n) is 7.86. The second-order valence-electron chi connectivity index (χ2n) is 11.4. The van der Waals surface area contributed by atoms with Gasteiger partial charge in [0, 0.05) is 18.4 Å². The van der Waals surface area contributed by atoms with Crippen LogP contribution in [0.3, 0.4) is 0 Å². The maximum absolute atomic E-state index is 13.2. The second-order valence-corrected chi connectivity index (χ2v) is 11.4. The molecule has 35 heavy (non-hydrogen) atoms. The van der Waals surface area contributed by atoms with Crippen molar-refractivity contribution in [1.82, 2.24) is 5.32 Å². The van der Waals surface area contributed by atoms with E-state index in [1.807, 2.05) is 30.3 Å². The standard InChI is InChI=1S/C29H39NO5/c1-19-13-15-22-26(19)27(34-25(33)16-14-20-9-5-3-6-10-20)29(21-11-7-4-8-12-21)17-23(28(22,2)35-29)30-24(32)18-31/h3,5-6,9-10,14,16,19,21-23,26-27,31H,4,7-8,11-13,15,17-18H2,1-2H3,(H,30,32)/b16-14+/t19-,22-,23-,26?,27+,28+,29-/m1/s1. The molecule has 0 aromatic heterocycles. The molecule has 190 valence electrons. The monoisotopic (exact) mass is 481 g/mol. The van der Waals surface area contributed by atoms with Crippen LogP contribution in [0.25, 0.3) is 6.08 Å². The number of nitrogens with one attached hydrogen (secondary N) is 1. The minimum absolute atomic E-state index is 0.191. The summed E-state index contributed by atoms with van der Waals surface area (Å²) in [6, 6.07) is 9.57. The highest BCUT2D eigenvalue weighted by Crippen LogP contribution is 2.63. The molecule has 2 aliphatic heterocycles. The van der Waals surface area contributed by atoms with Gasteiger partial charge in [0.05, 0.1) is 11.6 Å². The quantitative estimate of drug-likeness (QED) is 0.468. The predicted molar refractivity (Wildman–Crippen MR) is 133 cm³/mol. The normalized spacial score (nSPS) is 38.9. The Morgan fingerprint density at radius 1 is 1.14 bits per heavy atom. The highest BCUT2D eigenvalue weighted by Gasteiger charge is 2.72. The number of ether oxygens (including phenoxy) is 2. The first kappa shape index (κ1) is 24.5. The largest absolute Gasteiger partial charge is 0.456 e. The van der Waals surface area contributed by atoms with Crippen molar-refractivity contribution >= 4 is 18.0 Å². The highest BCUT2D eigenvalue weighted by molar-refractivity contribution is 5.87. The van der Waals surface area contributed by atoms with Gasteiger partial charge in [-0.15, -0.1) is 0 Å². The number of carbonyl (C=O) groups is 2. The molecule has 7 atom stereocenters. The van der Waals surface area contributed by atoms with Crippen LogP contribution in [0, 0.1) is 23.7 Å². The molecule has 2 heterocycles. The predicted octanol–water partition coefficient (Wildman–Crippen LogP) is 4.26. The summed E-state index contributed by atoms with van der Waals surface area (Å²) < 4.78 is 13.5. The molecule has 6 heteroatoms. The van der Waals surface area contributed by atoms with Crippen LogP contribution in [0.2, 0.25) is 0 Å². The van der Waals surface area contributed by atoms with Crippen molar-refractivity contribution in [3.8, 4) is 0 Å². The molecule has 2 N–H and O–H groups in total. The molecule has 5 rings (SSSR count). The number of esters is 1. The smallest absolute Gasteiger partial charge is 0.331 e. The van der Waals surface area contributed by atoms with Gasteiger partial charge in [-0.05, 0) is 62.0 Å². The summed E-state index contributed by atoms with van der Waals surface area (Å²) in [7, 11) is 0. The number of fused-ring (bicyclic) bond motifs is 4. The Bertz CT molecular complexity index is 957. The van der Waals surface area contributed by atoms with Gasteiger partial charge < -0.3 is 19.9 Å². The van der Waals surface area contributed by atoms with Crippen LogP contribution < -0.4 is 5.32 Å². The van der Waals surface area contributed by atoms with Gasteiger partial charge in [0.15, 0.2) is 0 Å². The Kier molecular flexibility index (Phi) is 6.79. The fraction of sp³-hybridized carbons (Fsp3) is 0.655.